The molecule has 4 heteroatoms. The number of hydrogen-bond acceptors (Lipinski definition) is 3. The zero-order chi connectivity index (χ0) is 11.0. The summed E-state index contributed by atoms with van der Waals surface area (Å²) in [5.74, 6) is 0. The summed E-state index contributed by atoms with van der Waals surface area (Å²) in [6.07, 6.45) is 7.26. The van der Waals surface area contributed by atoms with E-state index in [2.05, 4.69) is 15.0 Å². The van der Waals surface area contributed by atoms with Gasteiger partial charge in [-0.15, -0.1) is 0 Å². The molecule has 2 aromatic rings. The van der Waals surface area contributed by atoms with E-state index in [0.717, 1.165) is 28.2 Å². The summed E-state index contributed by atoms with van der Waals surface area (Å²) in [7, 11) is 0. The van der Waals surface area contributed by atoms with Gasteiger partial charge in [0, 0.05) is 23.0 Å². The Balaban J connectivity index is 2.09. The third-order valence-electron chi connectivity index (χ3n) is 2.50. The molecular formula is C12H10N4. The smallest absolute Gasteiger partial charge is 0.0924 e. The van der Waals surface area contributed by atoms with Gasteiger partial charge in [0.25, 0.3) is 0 Å². The zero-order valence-corrected chi connectivity index (χ0v) is 8.51. The van der Waals surface area contributed by atoms with Gasteiger partial charge in [-0.2, -0.15) is 0 Å². The Morgan fingerprint density at radius 2 is 2.25 bits per heavy atom. The number of nitrogens with two attached hydrogens (primary N) is 1. The minimum absolute atomic E-state index is 0.750. The van der Waals surface area contributed by atoms with Crippen LogP contribution in [-0.4, -0.2) is 16.2 Å². The zero-order valence-electron chi connectivity index (χ0n) is 8.51. The molecular weight excluding hydrogens is 200 g/mol. The summed E-state index contributed by atoms with van der Waals surface area (Å²) in [6.45, 7) is 0. The summed E-state index contributed by atoms with van der Waals surface area (Å²) < 4.78 is 0. The predicted molar refractivity (Wildman–Crippen MR) is 65.5 cm³/mol. The van der Waals surface area contributed by atoms with Crippen molar-refractivity contribution in [1.82, 2.24) is 9.97 Å². The molecule has 3 N–H and O–H groups in total. The Labute approximate surface area is 92.6 Å². The number of hydrogen-bond donors (Lipinski definition) is 2. The van der Waals surface area contributed by atoms with Crippen molar-refractivity contribution in [2.75, 3.05) is 5.73 Å². The van der Waals surface area contributed by atoms with Crippen LogP contribution in [0.3, 0.4) is 0 Å². The van der Waals surface area contributed by atoms with E-state index < -0.39 is 0 Å². The van der Waals surface area contributed by atoms with Gasteiger partial charge in [-0.1, -0.05) is 0 Å². The second kappa shape index (κ2) is 3.34. The largest absolute Gasteiger partial charge is 0.399 e. The molecule has 1 aromatic carbocycles. The Bertz CT molecular complexity index is 579. The monoisotopic (exact) mass is 210 g/mol. The van der Waals surface area contributed by atoms with Crippen molar-refractivity contribution < 1.29 is 0 Å². The number of allylic oxidation sites excluding steroid dienone is 1. The highest BCUT2D eigenvalue weighted by Gasteiger charge is 2.12. The fourth-order valence-electron chi connectivity index (χ4n) is 1.73. The summed E-state index contributed by atoms with van der Waals surface area (Å²) in [6, 6.07) is 5.72. The predicted octanol–water partition coefficient (Wildman–Crippen LogP) is 2.25. The van der Waals surface area contributed by atoms with Crippen LogP contribution in [0.2, 0.25) is 0 Å². The molecule has 0 bridgehead atoms. The van der Waals surface area contributed by atoms with E-state index in [1.54, 1.807) is 12.5 Å². The first-order chi connectivity index (χ1) is 7.83. The molecule has 1 aliphatic heterocycles. The number of fused-ring (bicyclic) bond motifs is 1. The number of benzene rings is 1. The van der Waals surface area contributed by atoms with Crippen molar-refractivity contribution in [1.29, 1.82) is 0 Å². The quantitative estimate of drug-likeness (QED) is 0.709. The number of H-pyrrole nitrogens is 1. The van der Waals surface area contributed by atoms with Gasteiger partial charge in [-0.25, -0.2) is 4.98 Å². The lowest BCUT2D eigenvalue weighted by Crippen LogP contribution is -1.86. The molecule has 0 radical (unpaired) electrons. The van der Waals surface area contributed by atoms with Gasteiger partial charge in [-0.3, -0.25) is 4.99 Å². The van der Waals surface area contributed by atoms with Crippen LogP contribution in [0.15, 0.2) is 35.7 Å². The van der Waals surface area contributed by atoms with Crippen LogP contribution in [0.5, 0.6) is 0 Å². The van der Waals surface area contributed by atoms with Gasteiger partial charge >= 0.3 is 0 Å². The van der Waals surface area contributed by atoms with Gasteiger partial charge < -0.3 is 10.7 Å². The number of aliphatic imine (C=N–C) groups is 1. The van der Waals surface area contributed by atoms with Crippen LogP contribution in [0.4, 0.5) is 11.4 Å². The molecule has 3 rings (SSSR count). The molecule has 0 atom stereocenters. The topological polar surface area (TPSA) is 67.1 Å². The van der Waals surface area contributed by atoms with Crippen molar-refractivity contribution in [3.63, 3.8) is 0 Å². The fourth-order valence-corrected chi connectivity index (χ4v) is 1.73. The van der Waals surface area contributed by atoms with Crippen molar-refractivity contribution in [2.24, 2.45) is 4.99 Å². The highest BCUT2D eigenvalue weighted by atomic mass is 14.9. The summed E-state index contributed by atoms with van der Waals surface area (Å²) in [4.78, 5) is 11.3. The van der Waals surface area contributed by atoms with Crippen molar-refractivity contribution >= 4 is 29.2 Å². The first-order valence-corrected chi connectivity index (χ1v) is 4.97. The Morgan fingerprint density at radius 1 is 1.31 bits per heavy atom. The molecule has 0 spiro atoms. The maximum absolute atomic E-state index is 5.76. The molecule has 2 heterocycles. The van der Waals surface area contributed by atoms with Crippen LogP contribution < -0.4 is 5.73 Å². The van der Waals surface area contributed by atoms with Crippen LogP contribution in [0.1, 0.15) is 11.3 Å². The number of imidazole rings is 1. The molecule has 0 amide bonds. The summed E-state index contributed by atoms with van der Waals surface area (Å²) in [5.41, 5.74) is 10.5. The molecule has 0 saturated carbocycles. The molecule has 1 aliphatic rings. The molecule has 0 fully saturated rings. The average Bonchev–Trinajstić information content (AvgIpc) is 2.90. The molecule has 1 aromatic heterocycles. The Kier molecular flexibility index (Phi) is 1.86. The standard InChI is InChI=1S/C12H10N4/c13-9-1-2-12-11(4-9)8(5-15-12)3-10-6-14-7-16-10/h1-7H,13H2,(H,14,16). The fraction of sp³-hybridized carbons (Fsp3) is 0. The van der Waals surface area contributed by atoms with Gasteiger partial charge in [0.2, 0.25) is 0 Å². The molecule has 0 unspecified atom stereocenters. The molecule has 0 aliphatic carbocycles. The summed E-state index contributed by atoms with van der Waals surface area (Å²) in [5, 5.41) is 0. The maximum Gasteiger partial charge on any atom is 0.0924 e. The van der Waals surface area contributed by atoms with Crippen LogP contribution >= 0.6 is 0 Å². The third-order valence-corrected chi connectivity index (χ3v) is 2.50. The second-order valence-electron chi connectivity index (χ2n) is 3.64. The van der Waals surface area contributed by atoms with Gasteiger partial charge in [0.15, 0.2) is 0 Å². The van der Waals surface area contributed by atoms with Crippen LogP contribution in [0, 0.1) is 0 Å². The van der Waals surface area contributed by atoms with E-state index in [1.807, 2.05) is 30.5 Å². The van der Waals surface area contributed by atoms with E-state index >= 15 is 0 Å². The first-order valence-electron chi connectivity index (χ1n) is 4.97. The van der Waals surface area contributed by atoms with Gasteiger partial charge in [0.05, 0.1) is 23.9 Å². The number of nitrogens with one attached hydrogen (secondary N) is 1. The SMILES string of the molecule is Nc1ccc2c(c1)C(=Cc1cnc[nH]1)C=N2. The number of nitrogens with zero attached hydrogens (tertiary/aromatic N) is 2. The van der Waals surface area contributed by atoms with E-state index in [1.165, 1.54) is 0 Å². The van der Waals surface area contributed by atoms with Crippen LogP contribution in [-0.2, 0) is 0 Å². The Hall–Kier alpha value is -2.36. The number of aromatic nitrogens is 2. The van der Waals surface area contributed by atoms with Crippen molar-refractivity contribution in [3.05, 3.63) is 42.0 Å². The normalized spacial score (nSPS) is 15.6. The van der Waals surface area contributed by atoms with Gasteiger partial charge in [0.1, 0.15) is 0 Å². The highest BCUT2D eigenvalue weighted by molar-refractivity contribution is 6.21. The maximum atomic E-state index is 5.76. The van der Waals surface area contributed by atoms with Crippen LogP contribution in [0.25, 0.3) is 11.6 Å². The molecule has 16 heavy (non-hydrogen) atoms. The second-order valence-corrected chi connectivity index (χ2v) is 3.64. The Morgan fingerprint density at radius 3 is 3.06 bits per heavy atom. The van der Waals surface area contributed by atoms with Crippen molar-refractivity contribution in [2.45, 2.75) is 0 Å². The molecule has 78 valence electrons. The minimum atomic E-state index is 0.750. The lowest BCUT2D eigenvalue weighted by atomic mass is 10.1. The molecule has 0 saturated heterocycles. The third kappa shape index (κ3) is 1.40. The van der Waals surface area contributed by atoms with E-state index in [-0.39, 0.29) is 0 Å². The van der Waals surface area contributed by atoms with E-state index in [4.69, 9.17) is 5.73 Å². The van der Waals surface area contributed by atoms with Gasteiger partial charge in [-0.05, 0) is 24.3 Å². The highest BCUT2D eigenvalue weighted by Crippen LogP contribution is 2.33. The minimum Gasteiger partial charge on any atom is -0.399 e. The van der Waals surface area contributed by atoms with Crippen molar-refractivity contribution in [3.8, 4) is 0 Å². The molecule has 4 nitrogen and oxygen atoms in total. The number of aromatic amines is 1. The number of rotatable bonds is 1. The lowest BCUT2D eigenvalue weighted by Gasteiger charge is -2.00. The summed E-state index contributed by atoms with van der Waals surface area (Å²) >= 11 is 0. The lowest BCUT2D eigenvalue weighted by molar-refractivity contribution is 1.31. The van der Waals surface area contributed by atoms with E-state index in [9.17, 15) is 0 Å². The number of nitrogen functional groups attached to an aromatic ring is 1. The first kappa shape index (κ1) is 8.91. The average molecular weight is 210 g/mol. The number of anilines is 1. The van der Waals surface area contributed by atoms with E-state index in [0.29, 0.717) is 0 Å².